The zero-order valence-electron chi connectivity index (χ0n) is 14.6. The summed E-state index contributed by atoms with van der Waals surface area (Å²) in [6.07, 6.45) is 1.84. The van der Waals surface area contributed by atoms with E-state index in [1.807, 2.05) is 0 Å². The molecule has 1 heterocycles. The molecule has 0 atom stereocenters. The van der Waals surface area contributed by atoms with E-state index in [2.05, 4.69) is 0 Å². The summed E-state index contributed by atoms with van der Waals surface area (Å²) in [5.74, 6) is -0.607. The third kappa shape index (κ3) is 3.77. The first kappa shape index (κ1) is 18.1. The van der Waals surface area contributed by atoms with Gasteiger partial charge in [-0.25, -0.2) is 13.2 Å². The number of methoxy groups -OCH3 is 1. The van der Waals surface area contributed by atoms with Crippen molar-refractivity contribution in [2.45, 2.75) is 12.2 Å². The number of carbonyl (C=O) groups is 2. The lowest BCUT2D eigenvalue weighted by molar-refractivity contribution is 0.0600. The van der Waals surface area contributed by atoms with E-state index in [1.165, 1.54) is 13.4 Å². The SMILES string of the molecule is COC(=O)c1ccc2c(c1)CCN2C(=O)c1ccc(CS(C)(=O)=O)cc1. The van der Waals surface area contributed by atoms with Crippen molar-refractivity contribution < 1.29 is 22.7 Å². The van der Waals surface area contributed by atoms with Crippen molar-refractivity contribution in [2.75, 3.05) is 24.8 Å². The van der Waals surface area contributed by atoms with E-state index < -0.39 is 15.8 Å². The number of hydrogen-bond acceptors (Lipinski definition) is 5. The Morgan fingerprint density at radius 2 is 1.73 bits per heavy atom. The molecule has 0 spiro atoms. The number of carbonyl (C=O) groups excluding carboxylic acids is 2. The summed E-state index contributed by atoms with van der Waals surface area (Å²) in [6, 6.07) is 11.8. The fourth-order valence-electron chi connectivity index (χ4n) is 3.06. The molecule has 0 bridgehead atoms. The van der Waals surface area contributed by atoms with Gasteiger partial charge in [0.15, 0.2) is 9.84 Å². The summed E-state index contributed by atoms with van der Waals surface area (Å²) >= 11 is 0. The van der Waals surface area contributed by atoms with Crippen LogP contribution in [0, 0.1) is 0 Å². The van der Waals surface area contributed by atoms with Crippen LogP contribution in [-0.4, -0.2) is 40.2 Å². The largest absolute Gasteiger partial charge is 0.465 e. The van der Waals surface area contributed by atoms with Crippen molar-refractivity contribution in [3.63, 3.8) is 0 Å². The highest BCUT2D eigenvalue weighted by atomic mass is 32.2. The average Bonchev–Trinajstić information content (AvgIpc) is 3.02. The number of anilines is 1. The zero-order valence-corrected chi connectivity index (χ0v) is 15.4. The van der Waals surface area contributed by atoms with E-state index in [0.29, 0.717) is 29.7 Å². The normalized spacial score (nSPS) is 13.4. The van der Waals surface area contributed by atoms with E-state index in [4.69, 9.17) is 4.74 Å². The number of amides is 1. The minimum absolute atomic E-state index is 0.0513. The van der Waals surface area contributed by atoms with Gasteiger partial charge in [-0.3, -0.25) is 4.79 Å². The quantitative estimate of drug-likeness (QED) is 0.768. The molecular weight excluding hydrogens is 354 g/mol. The summed E-state index contributed by atoms with van der Waals surface area (Å²) in [6.45, 7) is 0.532. The third-order valence-corrected chi connectivity index (χ3v) is 5.13. The van der Waals surface area contributed by atoms with Gasteiger partial charge in [0.25, 0.3) is 5.91 Å². The van der Waals surface area contributed by atoms with Gasteiger partial charge in [-0.2, -0.15) is 0 Å². The molecule has 26 heavy (non-hydrogen) atoms. The first-order chi connectivity index (χ1) is 12.3. The van der Waals surface area contributed by atoms with Crippen LogP contribution in [0.15, 0.2) is 42.5 Å². The first-order valence-corrected chi connectivity index (χ1v) is 10.1. The maximum atomic E-state index is 12.8. The van der Waals surface area contributed by atoms with Gasteiger partial charge >= 0.3 is 5.97 Å². The number of esters is 1. The molecule has 1 aliphatic rings. The molecule has 2 aromatic carbocycles. The minimum Gasteiger partial charge on any atom is -0.465 e. The highest BCUT2D eigenvalue weighted by molar-refractivity contribution is 7.89. The lowest BCUT2D eigenvalue weighted by Crippen LogP contribution is -2.28. The topological polar surface area (TPSA) is 80.8 Å². The van der Waals surface area contributed by atoms with Crippen LogP contribution >= 0.6 is 0 Å². The fraction of sp³-hybridized carbons (Fsp3) is 0.263. The zero-order chi connectivity index (χ0) is 18.9. The maximum absolute atomic E-state index is 12.8. The van der Waals surface area contributed by atoms with Crippen LogP contribution in [0.1, 0.15) is 31.8 Å². The molecule has 0 N–H and O–H groups in total. The number of rotatable bonds is 4. The van der Waals surface area contributed by atoms with Crippen LogP contribution < -0.4 is 4.90 Å². The molecule has 1 aliphatic heterocycles. The lowest BCUT2D eigenvalue weighted by Gasteiger charge is -2.18. The molecule has 0 saturated carbocycles. The molecular formula is C19H19NO5S. The van der Waals surface area contributed by atoms with E-state index in [1.54, 1.807) is 47.4 Å². The maximum Gasteiger partial charge on any atom is 0.337 e. The molecule has 3 rings (SSSR count). The van der Waals surface area contributed by atoms with Crippen molar-refractivity contribution in [1.29, 1.82) is 0 Å². The molecule has 0 aliphatic carbocycles. The number of ether oxygens (including phenoxy) is 1. The van der Waals surface area contributed by atoms with Crippen LogP contribution in [-0.2, 0) is 26.7 Å². The molecule has 0 radical (unpaired) electrons. The molecule has 0 saturated heterocycles. The van der Waals surface area contributed by atoms with Crippen molar-refractivity contribution >= 4 is 27.4 Å². The second-order valence-corrected chi connectivity index (χ2v) is 8.45. The highest BCUT2D eigenvalue weighted by Gasteiger charge is 2.26. The lowest BCUT2D eigenvalue weighted by atomic mass is 10.1. The molecule has 7 heteroatoms. The van der Waals surface area contributed by atoms with Gasteiger partial charge in [-0.1, -0.05) is 12.1 Å². The van der Waals surface area contributed by atoms with Crippen LogP contribution in [0.2, 0.25) is 0 Å². The number of fused-ring (bicyclic) bond motifs is 1. The standard InChI is InChI=1S/C19H19NO5S/c1-25-19(22)16-7-8-17-15(11-16)9-10-20(17)18(21)14-5-3-13(4-6-14)12-26(2,23)24/h3-8,11H,9-10,12H2,1-2H3. The smallest absolute Gasteiger partial charge is 0.337 e. The number of sulfone groups is 1. The van der Waals surface area contributed by atoms with Crippen LogP contribution in [0.4, 0.5) is 5.69 Å². The highest BCUT2D eigenvalue weighted by Crippen LogP contribution is 2.30. The summed E-state index contributed by atoms with van der Waals surface area (Å²) in [5, 5.41) is 0. The van der Waals surface area contributed by atoms with Gasteiger partial charge in [-0.05, 0) is 47.9 Å². The predicted octanol–water partition coefficient (Wildman–Crippen LogP) is 2.22. The Bertz CT molecular complexity index is 964. The van der Waals surface area contributed by atoms with Gasteiger partial charge < -0.3 is 9.64 Å². The van der Waals surface area contributed by atoms with Crippen LogP contribution in [0.3, 0.4) is 0 Å². The second-order valence-electron chi connectivity index (χ2n) is 6.31. The number of benzene rings is 2. The Morgan fingerprint density at radius 1 is 1.08 bits per heavy atom. The van der Waals surface area contributed by atoms with Gasteiger partial charge in [0, 0.05) is 24.1 Å². The van der Waals surface area contributed by atoms with Crippen molar-refractivity contribution in [2.24, 2.45) is 0 Å². The van der Waals surface area contributed by atoms with Gasteiger partial charge in [0.2, 0.25) is 0 Å². The summed E-state index contributed by atoms with van der Waals surface area (Å²) in [4.78, 5) is 26.1. The first-order valence-electron chi connectivity index (χ1n) is 8.08. The van der Waals surface area contributed by atoms with E-state index in [9.17, 15) is 18.0 Å². The van der Waals surface area contributed by atoms with Gasteiger partial charge in [-0.15, -0.1) is 0 Å². The van der Waals surface area contributed by atoms with E-state index in [0.717, 1.165) is 11.3 Å². The molecule has 0 fully saturated rings. The van der Waals surface area contributed by atoms with Crippen molar-refractivity contribution in [3.8, 4) is 0 Å². The van der Waals surface area contributed by atoms with Crippen molar-refractivity contribution in [1.82, 2.24) is 0 Å². The summed E-state index contributed by atoms with van der Waals surface area (Å²) in [7, 11) is -1.78. The molecule has 6 nitrogen and oxygen atoms in total. The van der Waals surface area contributed by atoms with Crippen LogP contribution in [0.5, 0.6) is 0 Å². The third-order valence-electron chi connectivity index (χ3n) is 4.27. The van der Waals surface area contributed by atoms with Crippen molar-refractivity contribution in [3.05, 3.63) is 64.7 Å². The average molecular weight is 373 g/mol. The molecule has 1 amide bonds. The number of hydrogen-bond donors (Lipinski definition) is 0. The van der Waals surface area contributed by atoms with E-state index in [-0.39, 0.29) is 11.7 Å². The predicted molar refractivity (Wildman–Crippen MR) is 98.2 cm³/mol. The summed E-state index contributed by atoms with van der Waals surface area (Å²) in [5.41, 5.74) is 3.31. The minimum atomic E-state index is -3.11. The Labute approximate surface area is 152 Å². The summed E-state index contributed by atoms with van der Waals surface area (Å²) < 4.78 is 27.4. The van der Waals surface area contributed by atoms with Gasteiger partial charge in [0.05, 0.1) is 18.4 Å². The molecule has 2 aromatic rings. The number of nitrogens with zero attached hydrogens (tertiary/aromatic N) is 1. The van der Waals surface area contributed by atoms with Gasteiger partial charge in [0.1, 0.15) is 0 Å². The Balaban J connectivity index is 1.81. The Kier molecular flexibility index (Phi) is 4.82. The molecule has 136 valence electrons. The Hall–Kier alpha value is -2.67. The second kappa shape index (κ2) is 6.92. The Morgan fingerprint density at radius 3 is 2.35 bits per heavy atom. The monoisotopic (exact) mass is 373 g/mol. The van der Waals surface area contributed by atoms with Crippen LogP contribution in [0.25, 0.3) is 0 Å². The van der Waals surface area contributed by atoms with E-state index >= 15 is 0 Å². The fourth-order valence-corrected chi connectivity index (χ4v) is 3.86. The molecule has 0 aromatic heterocycles. The molecule has 0 unspecified atom stereocenters.